The number of nitrogens with zero attached hydrogens (tertiary/aromatic N) is 1. The number of methoxy groups -OCH3 is 2. The minimum Gasteiger partial charge on any atom is -0.493 e. The fourth-order valence-corrected chi connectivity index (χ4v) is 3.62. The van der Waals surface area contributed by atoms with Crippen molar-refractivity contribution in [2.45, 2.75) is 26.7 Å². The number of amides is 2. The summed E-state index contributed by atoms with van der Waals surface area (Å²) in [7, 11) is 3.11. The van der Waals surface area contributed by atoms with Crippen molar-refractivity contribution in [2.75, 3.05) is 32.6 Å². The summed E-state index contributed by atoms with van der Waals surface area (Å²) < 4.78 is 10.5. The maximum Gasteiger partial charge on any atom is 0.253 e. The third-order valence-corrected chi connectivity index (χ3v) is 5.65. The van der Waals surface area contributed by atoms with Crippen molar-refractivity contribution in [2.24, 2.45) is 5.92 Å². The van der Waals surface area contributed by atoms with Gasteiger partial charge in [-0.15, -0.1) is 0 Å². The van der Waals surface area contributed by atoms with Crippen molar-refractivity contribution in [1.82, 2.24) is 4.90 Å². The normalized spacial score (nSPS) is 14.4. The van der Waals surface area contributed by atoms with E-state index in [9.17, 15) is 9.59 Å². The van der Waals surface area contributed by atoms with E-state index >= 15 is 0 Å². The molecule has 1 N–H and O–H groups in total. The Morgan fingerprint density at radius 2 is 1.69 bits per heavy atom. The highest BCUT2D eigenvalue weighted by Gasteiger charge is 2.28. The highest BCUT2D eigenvalue weighted by Crippen LogP contribution is 2.29. The molecule has 29 heavy (non-hydrogen) atoms. The second kappa shape index (κ2) is 8.99. The van der Waals surface area contributed by atoms with E-state index in [1.54, 1.807) is 37.3 Å². The van der Waals surface area contributed by atoms with Crippen LogP contribution in [0, 0.1) is 19.8 Å². The van der Waals surface area contributed by atoms with E-state index in [0.29, 0.717) is 43.0 Å². The predicted molar refractivity (Wildman–Crippen MR) is 113 cm³/mol. The third-order valence-electron chi connectivity index (χ3n) is 5.65. The molecule has 1 aliphatic rings. The second-order valence-corrected chi connectivity index (χ2v) is 7.37. The summed E-state index contributed by atoms with van der Waals surface area (Å²) in [6.07, 6.45) is 1.30. The van der Waals surface area contributed by atoms with Crippen molar-refractivity contribution in [3.63, 3.8) is 0 Å². The molecule has 0 aliphatic carbocycles. The van der Waals surface area contributed by atoms with Gasteiger partial charge in [0.15, 0.2) is 11.5 Å². The second-order valence-electron chi connectivity index (χ2n) is 7.37. The molecule has 2 aromatic carbocycles. The molecule has 0 saturated carbocycles. The quantitative estimate of drug-likeness (QED) is 0.834. The Labute approximate surface area is 171 Å². The number of likely N-dealkylation sites (tertiary alicyclic amines) is 1. The first kappa shape index (κ1) is 20.7. The Kier molecular flexibility index (Phi) is 6.42. The maximum atomic E-state index is 12.8. The molecule has 6 heteroatoms. The lowest BCUT2D eigenvalue weighted by Gasteiger charge is -2.31. The predicted octanol–water partition coefficient (Wildman–Crippen LogP) is 3.81. The Morgan fingerprint density at radius 1 is 1.00 bits per heavy atom. The van der Waals surface area contributed by atoms with Crippen molar-refractivity contribution in [3.05, 3.63) is 53.1 Å². The van der Waals surface area contributed by atoms with E-state index < -0.39 is 0 Å². The molecule has 0 bridgehead atoms. The first-order chi connectivity index (χ1) is 13.9. The van der Waals surface area contributed by atoms with Gasteiger partial charge in [0, 0.05) is 30.3 Å². The maximum absolute atomic E-state index is 12.8. The van der Waals surface area contributed by atoms with Gasteiger partial charge in [0.1, 0.15) is 0 Å². The van der Waals surface area contributed by atoms with Crippen LogP contribution in [-0.2, 0) is 4.79 Å². The highest BCUT2D eigenvalue weighted by atomic mass is 16.5. The smallest absolute Gasteiger partial charge is 0.253 e. The number of anilines is 1. The largest absolute Gasteiger partial charge is 0.493 e. The number of benzene rings is 2. The number of carbonyl (C=O) groups is 2. The fraction of sp³-hybridized carbons (Fsp3) is 0.391. The van der Waals surface area contributed by atoms with Gasteiger partial charge in [0.05, 0.1) is 14.2 Å². The molecule has 154 valence electrons. The van der Waals surface area contributed by atoms with Crippen molar-refractivity contribution < 1.29 is 19.1 Å². The number of piperidine rings is 1. The molecule has 0 spiro atoms. The molecule has 2 amide bonds. The number of carbonyl (C=O) groups excluding carboxylic acids is 2. The molecule has 6 nitrogen and oxygen atoms in total. The Bertz CT molecular complexity index is 902. The molecule has 3 rings (SSSR count). The van der Waals surface area contributed by atoms with Crippen molar-refractivity contribution in [1.29, 1.82) is 0 Å². The van der Waals surface area contributed by atoms with E-state index in [0.717, 1.165) is 16.8 Å². The molecular formula is C23H28N2O4. The lowest BCUT2D eigenvalue weighted by atomic mass is 9.95. The number of hydrogen-bond donors (Lipinski definition) is 1. The monoisotopic (exact) mass is 396 g/mol. The SMILES string of the molecule is COc1ccc(C(=O)N2CCC(C(=O)Nc3cccc(C)c3C)CC2)cc1OC. The number of ether oxygens (including phenoxy) is 2. The fourth-order valence-electron chi connectivity index (χ4n) is 3.62. The zero-order chi connectivity index (χ0) is 21.0. The van der Waals surface area contributed by atoms with Gasteiger partial charge < -0.3 is 19.7 Å². The van der Waals surface area contributed by atoms with E-state index in [4.69, 9.17) is 9.47 Å². The molecule has 1 heterocycles. The minimum absolute atomic E-state index is 0.0249. The van der Waals surface area contributed by atoms with Gasteiger partial charge in [-0.1, -0.05) is 12.1 Å². The molecule has 0 radical (unpaired) electrons. The van der Waals surface area contributed by atoms with E-state index in [-0.39, 0.29) is 17.7 Å². The Hall–Kier alpha value is -3.02. The molecule has 0 atom stereocenters. The van der Waals surface area contributed by atoms with Crippen LogP contribution in [0.1, 0.15) is 34.3 Å². The van der Waals surface area contributed by atoms with Crippen LogP contribution < -0.4 is 14.8 Å². The summed E-state index contributed by atoms with van der Waals surface area (Å²) in [5.74, 6) is 0.993. The summed E-state index contributed by atoms with van der Waals surface area (Å²) in [6, 6.07) is 11.1. The first-order valence-corrected chi connectivity index (χ1v) is 9.83. The van der Waals surface area contributed by atoms with Crippen molar-refractivity contribution in [3.8, 4) is 11.5 Å². The Balaban J connectivity index is 1.60. The van der Waals surface area contributed by atoms with Crippen LogP contribution in [0.25, 0.3) is 0 Å². The van der Waals surface area contributed by atoms with E-state index in [2.05, 4.69) is 5.32 Å². The molecule has 1 saturated heterocycles. The Morgan fingerprint density at radius 3 is 2.34 bits per heavy atom. The van der Waals surface area contributed by atoms with Crippen LogP contribution in [0.3, 0.4) is 0 Å². The van der Waals surface area contributed by atoms with Crippen LogP contribution in [-0.4, -0.2) is 44.0 Å². The van der Waals surface area contributed by atoms with Gasteiger partial charge in [0.25, 0.3) is 5.91 Å². The third kappa shape index (κ3) is 4.53. The molecule has 1 aliphatic heterocycles. The van der Waals surface area contributed by atoms with Crippen molar-refractivity contribution >= 4 is 17.5 Å². The highest BCUT2D eigenvalue weighted by molar-refractivity contribution is 5.96. The first-order valence-electron chi connectivity index (χ1n) is 9.83. The number of aryl methyl sites for hydroxylation is 1. The lowest BCUT2D eigenvalue weighted by Crippen LogP contribution is -2.41. The molecule has 1 fully saturated rings. The van der Waals surface area contributed by atoms with Gasteiger partial charge >= 0.3 is 0 Å². The summed E-state index contributed by atoms with van der Waals surface area (Å²) in [5, 5.41) is 3.05. The number of rotatable bonds is 5. The topological polar surface area (TPSA) is 67.9 Å². The van der Waals surface area contributed by atoms with Crippen LogP contribution in [0.4, 0.5) is 5.69 Å². The van der Waals surface area contributed by atoms with E-state index in [1.807, 2.05) is 32.0 Å². The summed E-state index contributed by atoms with van der Waals surface area (Å²) in [4.78, 5) is 27.3. The van der Waals surface area contributed by atoms with Crippen LogP contribution >= 0.6 is 0 Å². The zero-order valence-electron chi connectivity index (χ0n) is 17.5. The summed E-state index contributed by atoms with van der Waals surface area (Å²) in [5.41, 5.74) is 3.65. The van der Waals surface area contributed by atoms with Crippen LogP contribution in [0.5, 0.6) is 11.5 Å². The lowest BCUT2D eigenvalue weighted by molar-refractivity contribution is -0.121. The summed E-state index contributed by atoms with van der Waals surface area (Å²) >= 11 is 0. The molecular weight excluding hydrogens is 368 g/mol. The standard InChI is InChI=1S/C23H28N2O4/c1-15-6-5-7-19(16(15)2)24-22(26)17-10-12-25(13-11-17)23(27)18-8-9-20(28-3)21(14-18)29-4/h5-9,14,17H,10-13H2,1-4H3,(H,24,26). The van der Waals surface area contributed by atoms with E-state index in [1.165, 1.54) is 0 Å². The number of hydrogen-bond acceptors (Lipinski definition) is 4. The van der Waals surface area contributed by atoms with Gasteiger partial charge in [-0.3, -0.25) is 9.59 Å². The molecule has 0 unspecified atom stereocenters. The van der Waals surface area contributed by atoms with Crippen LogP contribution in [0.15, 0.2) is 36.4 Å². The summed E-state index contributed by atoms with van der Waals surface area (Å²) in [6.45, 7) is 5.15. The van der Waals surface area contributed by atoms with Gasteiger partial charge in [-0.05, 0) is 62.1 Å². The van der Waals surface area contributed by atoms with Gasteiger partial charge in [0.2, 0.25) is 5.91 Å². The minimum atomic E-state index is -0.0932. The zero-order valence-corrected chi connectivity index (χ0v) is 17.5. The number of nitrogens with one attached hydrogen (secondary N) is 1. The molecule has 0 aromatic heterocycles. The van der Waals surface area contributed by atoms with Gasteiger partial charge in [-0.2, -0.15) is 0 Å². The molecule has 2 aromatic rings. The average molecular weight is 396 g/mol. The van der Waals surface area contributed by atoms with Gasteiger partial charge in [-0.25, -0.2) is 0 Å². The van der Waals surface area contributed by atoms with Crippen LogP contribution in [0.2, 0.25) is 0 Å². The average Bonchev–Trinajstić information content (AvgIpc) is 2.76.